The van der Waals surface area contributed by atoms with Gasteiger partial charge in [0.2, 0.25) is 0 Å². The second-order valence-corrected chi connectivity index (χ2v) is 16.8. The molecule has 0 bridgehead atoms. The van der Waals surface area contributed by atoms with Gasteiger partial charge >= 0.3 is 0 Å². The van der Waals surface area contributed by atoms with Crippen molar-refractivity contribution in [3.05, 3.63) is 124 Å². The Morgan fingerprint density at radius 3 is 1.40 bits per heavy atom. The monoisotopic (exact) mass is 1140 g/mol. The summed E-state index contributed by atoms with van der Waals surface area (Å²) in [5.74, 6) is 7.72. The molecular weight excluding hydrogens is 1110 g/mol. The second kappa shape index (κ2) is 22.5. The lowest BCUT2D eigenvalue weighted by Gasteiger charge is -2.12. The molecule has 346 valence electrons. The number of ether oxygens (including phenoxy) is 6. The van der Waals surface area contributed by atoms with E-state index >= 15 is 0 Å². The molecule has 0 atom stereocenters. The zero-order chi connectivity index (χ0) is 48.6. The molecule has 0 aliphatic carbocycles. The smallest absolute Gasteiger partial charge is 0.278 e. The summed E-state index contributed by atoms with van der Waals surface area (Å²) in [5, 5.41) is 13.4. The molecule has 0 saturated heterocycles. The van der Waals surface area contributed by atoms with Crippen molar-refractivity contribution in [2.45, 2.75) is 0 Å². The van der Waals surface area contributed by atoms with Gasteiger partial charge in [-0.15, -0.1) is 0 Å². The topological polar surface area (TPSA) is 174 Å². The number of aromatic amines is 1. The van der Waals surface area contributed by atoms with Gasteiger partial charge in [0.25, 0.3) is 35.3 Å². The lowest BCUT2D eigenvalue weighted by Crippen LogP contribution is -1.99. The van der Waals surface area contributed by atoms with E-state index in [-0.39, 0.29) is 23.5 Å². The molecule has 4 aromatic heterocycles. The Balaban J connectivity index is 0.000000155. The quantitative estimate of drug-likeness (QED) is 0.0864. The molecule has 4 heterocycles. The molecular formula is C46H32Cl6IN9O6. The summed E-state index contributed by atoms with van der Waals surface area (Å²) in [7, 11) is 8.96. The Kier molecular flexibility index (Phi) is 16.5. The number of rotatable bonds is 8. The highest BCUT2D eigenvalue weighted by Gasteiger charge is 2.24. The minimum absolute atomic E-state index is 0.231. The van der Waals surface area contributed by atoms with E-state index in [9.17, 15) is 0 Å². The molecule has 22 heteroatoms. The minimum atomic E-state index is 0.231. The van der Waals surface area contributed by atoms with E-state index in [4.69, 9.17) is 98.0 Å². The molecule has 0 spiro atoms. The molecule has 9 rings (SSSR count). The summed E-state index contributed by atoms with van der Waals surface area (Å²) in [6.07, 6.45) is 0. The van der Waals surface area contributed by atoms with Gasteiger partial charge in [-0.2, -0.15) is 15.4 Å². The first kappa shape index (κ1) is 50.0. The average molecular weight is 1150 g/mol. The van der Waals surface area contributed by atoms with Crippen molar-refractivity contribution < 1.29 is 28.4 Å². The predicted octanol–water partition coefficient (Wildman–Crippen LogP) is 12.3. The van der Waals surface area contributed by atoms with Gasteiger partial charge in [0.05, 0.1) is 104 Å². The van der Waals surface area contributed by atoms with Crippen LogP contribution in [0, 0.1) is 15.4 Å². The number of fused-ring (bicyclic) bond motifs is 3. The molecule has 15 nitrogen and oxygen atoms in total. The van der Waals surface area contributed by atoms with E-state index in [0.717, 1.165) is 14.7 Å². The lowest BCUT2D eigenvalue weighted by atomic mass is 10.0. The fraction of sp³-hybridized carbons (Fsp3) is 0.130. The van der Waals surface area contributed by atoms with Crippen molar-refractivity contribution in [1.29, 1.82) is 0 Å². The van der Waals surface area contributed by atoms with Gasteiger partial charge in [0.1, 0.15) is 27.9 Å². The normalized spacial score (nSPS) is 10.6. The fourth-order valence-corrected chi connectivity index (χ4v) is 8.28. The Morgan fingerprint density at radius 2 is 0.868 bits per heavy atom. The Labute approximate surface area is 431 Å². The largest absolute Gasteiger partial charge is 0.477 e. The number of H-pyrrole nitrogens is 1. The van der Waals surface area contributed by atoms with Crippen LogP contribution in [0.1, 0.15) is 11.1 Å². The molecule has 0 radical (unpaired) electrons. The standard InChI is InChI=1S/C18H13Cl2N5O2.C18H12Cl2N2O2.C10H7Cl2IN2O2/c1-26-17-18(27-2)22-15-11(21-17)8-10(19)13(20)12(15)16-14(23-25-24-16)9-6-4-3-5-7-9;1-23-17-18(24-2)22-16-12(9-8-11-6-4-3-5-7-11)15(20)13(19)10-14(16)21-17;1-16-9-10(17-2)15-8-5(14-9)3-4(11)6(12)7(8)13/h3-8H,1-2H3,(H,23,24,25);3-7,10H,1-2H3;3H,1-2H3. The number of hydrogen-bond acceptors (Lipinski definition) is 14. The van der Waals surface area contributed by atoms with Gasteiger partial charge in [-0.3, -0.25) is 0 Å². The van der Waals surface area contributed by atoms with Crippen LogP contribution in [0.5, 0.6) is 35.3 Å². The molecule has 9 aromatic rings. The van der Waals surface area contributed by atoms with Crippen LogP contribution in [-0.2, 0) is 0 Å². The van der Waals surface area contributed by atoms with E-state index in [2.05, 4.69) is 79.7 Å². The summed E-state index contributed by atoms with van der Waals surface area (Å²) >= 11 is 39.5. The minimum Gasteiger partial charge on any atom is -0.477 e. The summed E-state index contributed by atoms with van der Waals surface area (Å²) < 4.78 is 31.8. The third-order valence-electron chi connectivity index (χ3n) is 9.41. The van der Waals surface area contributed by atoms with E-state index in [1.54, 1.807) is 18.2 Å². The van der Waals surface area contributed by atoms with Crippen LogP contribution in [0.2, 0.25) is 30.1 Å². The van der Waals surface area contributed by atoms with Crippen LogP contribution < -0.4 is 28.4 Å². The van der Waals surface area contributed by atoms with Gasteiger partial charge in [0.15, 0.2) is 0 Å². The molecule has 0 saturated carbocycles. The van der Waals surface area contributed by atoms with Crippen LogP contribution >= 0.6 is 92.2 Å². The molecule has 1 N–H and O–H groups in total. The number of methoxy groups -OCH3 is 6. The van der Waals surface area contributed by atoms with Crippen molar-refractivity contribution in [2.75, 3.05) is 42.7 Å². The number of hydrogen-bond donors (Lipinski definition) is 1. The van der Waals surface area contributed by atoms with Gasteiger partial charge in [-0.25, -0.2) is 29.9 Å². The second-order valence-electron chi connectivity index (χ2n) is 13.4. The number of nitrogens with zero attached hydrogens (tertiary/aromatic N) is 8. The van der Waals surface area contributed by atoms with E-state index in [1.165, 1.54) is 42.7 Å². The van der Waals surface area contributed by atoms with Crippen molar-refractivity contribution in [3.63, 3.8) is 0 Å². The van der Waals surface area contributed by atoms with Crippen molar-refractivity contribution in [3.8, 4) is 69.6 Å². The van der Waals surface area contributed by atoms with Crippen LogP contribution in [-0.4, -0.2) is 88.0 Å². The summed E-state index contributed by atoms with van der Waals surface area (Å²) in [6, 6.07) is 24.1. The van der Waals surface area contributed by atoms with E-state index < -0.39 is 0 Å². The van der Waals surface area contributed by atoms with E-state index in [0.29, 0.717) is 97.5 Å². The highest BCUT2D eigenvalue weighted by molar-refractivity contribution is 14.1. The Bertz CT molecular complexity index is 3380. The number of aromatic nitrogens is 9. The van der Waals surface area contributed by atoms with Gasteiger partial charge < -0.3 is 28.4 Å². The molecule has 0 aliphatic rings. The average Bonchev–Trinajstić information content (AvgIpc) is 3.85. The molecule has 0 amide bonds. The predicted molar refractivity (Wildman–Crippen MR) is 274 cm³/mol. The van der Waals surface area contributed by atoms with Gasteiger partial charge in [-0.1, -0.05) is 130 Å². The summed E-state index contributed by atoms with van der Waals surface area (Å²) in [4.78, 5) is 26.3. The first-order valence-corrected chi connectivity index (χ1v) is 22.7. The van der Waals surface area contributed by atoms with Crippen molar-refractivity contribution in [1.82, 2.24) is 45.3 Å². The van der Waals surface area contributed by atoms with Crippen LogP contribution in [0.4, 0.5) is 0 Å². The molecule has 0 aliphatic heterocycles. The zero-order valence-electron chi connectivity index (χ0n) is 36.2. The summed E-state index contributed by atoms with van der Waals surface area (Å²) in [5.41, 5.74) is 7.14. The Hall–Kier alpha value is -5.91. The lowest BCUT2D eigenvalue weighted by molar-refractivity contribution is 0.334. The number of benzene rings is 5. The third-order valence-corrected chi connectivity index (χ3v) is 13.1. The SMILES string of the molecule is COc1nc2cc(Cl)c(Cl)c(-c3n[nH]nc3-c3ccccc3)c2nc1OC.COc1nc2cc(Cl)c(Cl)c(C#Cc3ccccc3)c2nc1OC.COc1nc2cc(Cl)c(Cl)c(I)c2nc1OC. The number of nitrogens with one attached hydrogen (secondary N) is 1. The maximum absolute atomic E-state index is 6.54. The van der Waals surface area contributed by atoms with Crippen LogP contribution in [0.15, 0.2) is 78.9 Å². The summed E-state index contributed by atoms with van der Waals surface area (Å²) in [6.45, 7) is 0. The van der Waals surface area contributed by atoms with Crippen LogP contribution in [0.25, 0.3) is 55.6 Å². The molecule has 0 fully saturated rings. The highest BCUT2D eigenvalue weighted by atomic mass is 127. The van der Waals surface area contributed by atoms with Gasteiger partial charge in [0, 0.05) is 11.1 Å². The molecule has 5 aromatic carbocycles. The van der Waals surface area contributed by atoms with E-state index in [1.807, 2.05) is 60.7 Å². The maximum atomic E-state index is 6.54. The van der Waals surface area contributed by atoms with Crippen molar-refractivity contribution >= 4 is 125 Å². The Morgan fingerprint density at radius 1 is 0.456 bits per heavy atom. The molecule has 68 heavy (non-hydrogen) atoms. The fourth-order valence-electron chi connectivity index (χ4n) is 6.27. The van der Waals surface area contributed by atoms with Crippen molar-refractivity contribution in [2.24, 2.45) is 0 Å². The maximum Gasteiger partial charge on any atom is 0.278 e. The molecule has 0 unspecified atom stereocenters. The number of halogens is 7. The third kappa shape index (κ3) is 10.5. The first-order valence-electron chi connectivity index (χ1n) is 19.4. The first-order chi connectivity index (χ1) is 32.8. The highest BCUT2D eigenvalue weighted by Crippen LogP contribution is 2.43. The zero-order valence-corrected chi connectivity index (χ0v) is 42.9. The van der Waals surface area contributed by atoms with Crippen LogP contribution in [0.3, 0.4) is 0 Å². The van der Waals surface area contributed by atoms with Gasteiger partial charge in [-0.05, 0) is 52.9 Å².